The molecular formula is C14H13ClF3NOS. The van der Waals surface area contributed by atoms with Crippen molar-refractivity contribution in [3.05, 3.63) is 48.0 Å². The first-order valence-corrected chi connectivity index (χ1v) is 6.55. The number of benzene rings is 2. The number of nitrogens with two attached hydrogens (primary N) is 1. The van der Waals surface area contributed by atoms with Crippen molar-refractivity contribution in [1.82, 2.24) is 0 Å². The SMILES string of the molecule is Cc1cc(N)ccc1Oc1ccc(SC(F)(F)F)cc1.Cl. The summed E-state index contributed by atoms with van der Waals surface area (Å²) in [7, 11) is 0. The van der Waals surface area contributed by atoms with Crippen molar-refractivity contribution >= 4 is 29.9 Å². The number of anilines is 1. The Morgan fingerprint density at radius 1 is 1.05 bits per heavy atom. The predicted octanol–water partition coefficient (Wildman–Crippen LogP) is 5.40. The number of alkyl halides is 3. The number of halogens is 4. The first-order chi connectivity index (χ1) is 9.33. The van der Waals surface area contributed by atoms with E-state index < -0.39 is 5.51 Å². The molecule has 0 amide bonds. The van der Waals surface area contributed by atoms with Crippen molar-refractivity contribution in [2.75, 3.05) is 5.73 Å². The molecule has 0 atom stereocenters. The molecule has 0 saturated heterocycles. The molecule has 0 bridgehead atoms. The summed E-state index contributed by atoms with van der Waals surface area (Å²) in [4.78, 5) is 0.124. The van der Waals surface area contributed by atoms with Gasteiger partial charge in [-0.15, -0.1) is 12.4 Å². The van der Waals surface area contributed by atoms with Crippen molar-refractivity contribution in [3.63, 3.8) is 0 Å². The average molecular weight is 336 g/mol. The number of hydrogen-bond acceptors (Lipinski definition) is 3. The third-order valence-corrected chi connectivity index (χ3v) is 3.22. The Kier molecular flexibility index (Phi) is 5.80. The van der Waals surface area contributed by atoms with Crippen LogP contribution in [0.25, 0.3) is 0 Å². The van der Waals surface area contributed by atoms with Crippen LogP contribution in [0.4, 0.5) is 18.9 Å². The van der Waals surface area contributed by atoms with Crippen LogP contribution in [-0.4, -0.2) is 5.51 Å². The third kappa shape index (κ3) is 5.40. The molecule has 0 aromatic heterocycles. The summed E-state index contributed by atoms with van der Waals surface area (Å²) < 4.78 is 42.2. The minimum atomic E-state index is -4.28. The summed E-state index contributed by atoms with van der Waals surface area (Å²) in [6.07, 6.45) is 0. The summed E-state index contributed by atoms with van der Waals surface area (Å²) in [5.74, 6) is 1.10. The molecular weight excluding hydrogens is 323 g/mol. The zero-order valence-corrected chi connectivity index (χ0v) is 12.6. The smallest absolute Gasteiger partial charge is 0.446 e. The summed E-state index contributed by atoms with van der Waals surface area (Å²) in [6, 6.07) is 11.0. The molecule has 0 aliphatic heterocycles. The second-order valence-electron chi connectivity index (χ2n) is 4.15. The van der Waals surface area contributed by atoms with Crippen molar-refractivity contribution in [1.29, 1.82) is 0 Å². The molecule has 0 saturated carbocycles. The Hall–Kier alpha value is -1.53. The lowest BCUT2D eigenvalue weighted by Gasteiger charge is -2.10. The highest BCUT2D eigenvalue weighted by atomic mass is 35.5. The molecule has 2 nitrogen and oxygen atoms in total. The van der Waals surface area contributed by atoms with Crippen LogP contribution in [0.5, 0.6) is 11.5 Å². The Morgan fingerprint density at radius 3 is 2.19 bits per heavy atom. The molecule has 2 aromatic rings. The molecule has 21 heavy (non-hydrogen) atoms. The van der Waals surface area contributed by atoms with Crippen LogP contribution in [0.3, 0.4) is 0 Å². The average Bonchev–Trinajstić information content (AvgIpc) is 2.33. The van der Waals surface area contributed by atoms with E-state index in [1.807, 2.05) is 6.92 Å². The van der Waals surface area contributed by atoms with E-state index in [9.17, 15) is 13.2 Å². The zero-order chi connectivity index (χ0) is 14.8. The molecule has 2 aromatic carbocycles. The Morgan fingerprint density at radius 2 is 1.67 bits per heavy atom. The highest BCUT2D eigenvalue weighted by Crippen LogP contribution is 2.37. The Balaban J connectivity index is 0.00000220. The predicted molar refractivity (Wildman–Crippen MR) is 81.3 cm³/mol. The van der Waals surface area contributed by atoms with E-state index in [1.165, 1.54) is 24.3 Å². The van der Waals surface area contributed by atoms with Gasteiger partial charge in [-0.25, -0.2) is 0 Å². The maximum absolute atomic E-state index is 12.2. The second-order valence-corrected chi connectivity index (χ2v) is 5.28. The molecule has 0 fully saturated rings. The summed E-state index contributed by atoms with van der Waals surface area (Å²) >= 11 is -0.151. The molecule has 0 radical (unpaired) electrons. The summed E-state index contributed by atoms with van der Waals surface area (Å²) in [5.41, 5.74) is 2.84. The van der Waals surface area contributed by atoms with Gasteiger partial charge in [0.2, 0.25) is 0 Å². The fourth-order valence-corrected chi connectivity index (χ4v) is 2.16. The molecule has 0 spiro atoms. The van der Waals surface area contributed by atoms with Gasteiger partial charge in [-0.05, 0) is 66.7 Å². The van der Waals surface area contributed by atoms with Gasteiger partial charge in [0.25, 0.3) is 0 Å². The first-order valence-electron chi connectivity index (χ1n) is 5.73. The van der Waals surface area contributed by atoms with Crippen molar-refractivity contribution < 1.29 is 17.9 Å². The van der Waals surface area contributed by atoms with Crippen molar-refractivity contribution in [2.45, 2.75) is 17.3 Å². The third-order valence-electron chi connectivity index (χ3n) is 2.48. The Bertz CT molecular complexity index is 602. The molecule has 0 heterocycles. The van der Waals surface area contributed by atoms with Crippen LogP contribution in [0.1, 0.15) is 5.56 Å². The van der Waals surface area contributed by atoms with E-state index in [0.29, 0.717) is 17.2 Å². The van der Waals surface area contributed by atoms with Crippen molar-refractivity contribution in [2.24, 2.45) is 0 Å². The maximum atomic E-state index is 12.2. The molecule has 7 heteroatoms. The van der Waals surface area contributed by atoms with Crippen LogP contribution < -0.4 is 10.5 Å². The van der Waals surface area contributed by atoms with E-state index in [0.717, 1.165) is 5.56 Å². The monoisotopic (exact) mass is 335 g/mol. The molecule has 0 aliphatic carbocycles. The first kappa shape index (κ1) is 17.5. The molecule has 2 N–H and O–H groups in total. The van der Waals surface area contributed by atoms with Gasteiger partial charge in [0.05, 0.1) is 0 Å². The normalized spacial score (nSPS) is 10.9. The van der Waals surface area contributed by atoms with E-state index in [2.05, 4.69) is 0 Å². The maximum Gasteiger partial charge on any atom is 0.446 e. The summed E-state index contributed by atoms with van der Waals surface area (Å²) in [5, 5.41) is 0. The highest BCUT2D eigenvalue weighted by molar-refractivity contribution is 8.00. The van der Waals surface area contributed by atoms with Gasteiger partial charge in [-0.3, -0.25) is 0 Å². The molecule has 0 unspecified atom stereocenters. The lowest BCUT2D eigenvalue weighted by atomic mass is 10.2. The van der Waals surface area contributed by atoms with Gasteiger partial charge in [-0.1, -0.05) is 0 Å². The summed E-state index contributed by atoms with van der Waals surface area (Å²) in [6.45, 7) is 1.85. The van der Waals surface area contributed by atoms with E-state index in [4.69, 9.17) is 10.5 Å². The number of hydrogen-bond donors (Lipinski definition) is 1. The lowest BCUT2D eigenvalue weighted by molar-refractivity contribution is -0.0328. The minimum absolute atomic E-state index is 0. The number of thioether (sulfide) groups is 1. The van der Waals surface area contributed by atoms with Crippen LogP contribution in [-0.2, 0) is 0 Å². The number of nitrogen functional groups attached to an aromatic ring is 1. The van der Waals surface area contributed by atoms with Crippen LogP contribution >= 0.6 is 24.2 Å². The van der Waals surface area contributed by atoms with Gasteiger partial charge < -0.3 is 10.5 Å². The zero-order valence-electron chi connectivity index (χ0n) is 11.0. The van der Waals surface area contributed by atoms with Gasteiger partial charge in [0.15, 0.2) is 0 Å². The fraction of sp³-hybridized carbons (Fsp3) is 0.143. The number of rotatable bonds is 3. The van der Waals surface area contributed by atoms with Gasteiger partial charge in [0.1, 0.15) is 11.5 Å². The Labute approximate surface area is 130 Å². The van der Waals surface area contributed by atoms with Crippen LogP contribution in [0.2, 0.25) is 0 Å². The van der Waals surface area contributed by atoms with E-state index in [1.54, 1.807) is 18.2 Å². The molecule has 114 valence electrons. The van der Waals surface area contributed by atoms with Crippen molar-refractivity contribution in [3.8, 4) is 11.5 Å². The van der Waals surface area contributed by atoms with Gasteiger partial charge in [0, 0.05) is 10.6 Å². The molecule has 0 aliphatic rings. The number of aryl methyl sites for hydroxylation is 1. The van der Waals surface area contributed by atoms with E-state index in [-0.39, 0.29) is 29.1 Å². The van der Waals surface area contributed by atoms with Gasteiger partial charge in [-0.2, -0.15) is 13.2 Å². The standard InChI is InChI=1S/C14H12F3NOS.ClH/c1-9-8-10(18)2-7-13(9)19-11-3-5-12(6-4-11)20-14(15,16)17;/h2-8H,18H2,1H3;1H. The largest absolute Gasteiger partial charge is 0.457 e. The second kappa shape index (κ2) is 6.95. The van der Waals surface area contributed by atoms with E-state index >= 15 is 0 Å². The number of ether oxygens (including phenoxy) is 1. The quantitative estimate of drug-likeness (QED) is 0.602. The van der Waals surface area contributed by atoms with Crippen LogP contribution in [0, 0.1) is 6.92 Å². The minimum Gasteiger partial charge on any atom is -0.457 e. The lowest BCUT2D eigenvalue weighted by Crippen LogP contribution is -1.98. The fourth-order valence-electron chi connectivity index (χ4n) is 1.62. The van der Waals surface area contributed by atoms with Gasteiger partial charge >= 0.3 is 5.51 Å². The molecule has 2 rings (SSSR count). The highest BCUT2D eigenvalue weighted by Gasteiger charge is 2.29. The topological polar surface area (TPSA) is 35.2 Å². The van der Waals surface area contributed by atoms with Crippen LogP contribution in [0.15, 0.2) is 47.4 Å².